The first-order valence-electron chi connectivity index (χ1n) is 8.72. The lowest BCUT2D eigenvalue weighted by atomic mass is 10.0. The minimum Gasteiger partial charge on any atom is -0.464 e. The number of hydrogen-bond acceptors (Lipinski definition) is 3. The van der Waals surface area contributed by atoms with Gasteiger partial charge in [0.25, 0.3) is 0 Å². The van der Waals surface area contributed by atoms with Crippen molar-refractivity contribution in [3.05, 3.63) is 0 Å². The Balaban J connectivity index is 4.15. The van der Waals surface area contributed by atoms with Crippen LogP contribution in [-0.2, 0) is 14.3 Å². The molecule has 0 fully saturated rings. The molecule has 0 radical (unpaired) electrons. The smallest absolute Gasteiger partial charge is 0.464 e. The van der Waals surface area contributed by atoms with E-state index in [1.165, 1.54) is 19.3 Å². The lowest BCUT2D eigenvalue weighted by Gasteiger charge is -2.20. The Morgan fingerprint density at radius 3 is 2.04 bits per heavy atom. The lowest BCUT2D eigenvalue weighted by Crippen LogP contribution is -2.48. The molecule has 0 spiro atoms. The molecule has 0 aromatic carbocycles. The van der Waals surface area contributed by atoms with Crippen molar-refractivity contribution in [3.8, 4) is 0 Å². The molecule has 0 aliphatic rings. The van der Waals surface area contributed by atoms with Crippen molar-refractivity contribution in [1.29, 1.82) is 0 Å². The molecule has 0 aliphatic carbocycles. The summed E-state index contributed by atoms with van der Waals surface area (Å²) in [6, 6.07) is -1.26. The molecule has 1 amide bonds. The first-order valence-corrected chi connectivity index (χ1v) is 8.72. The van der Waals surface area contributed by atoms with Gasteiger partial charge in [-0.2, -0.15) is 13.2 Å². The Labute approximate surface area is 142 Å². The fourth-order valence-corrected chi connectivity index (χ4v) is 2.26. The number of esters is 1. The van der Waals surface area contributed by atoms with Crippen molar-refractivity contribution in [2.45, 2.75) is 84.4 Å². The molecule has 7 heteroatoms. The zero-order chi connectivity index (χ0) is 18.6. The van der Waals surface area contributed by atoms with Crippen molar-refractivity contribution in [3.63, 3.8) is 0 Å². The highest BCUT2D eigenvalue weighted by Crippen LogP contribution is 2.16. The van der Waals surface area contributed by atoms with Crippen LogP contribution in [0.4, 0.5) is 13.2 Å². The number of carbonyl (C=O) groups excluding carboxylic acids is 2. The molecule has 0 aliphatic heterocycles. The third kappa shape index (κ3) is 11.3. The van der Waals surface area contributed by atoms with Crippen LogP contribution in [0.5, 0.6) is 0 Å². The van der Waals surface area contributed by atoms with Crippen molar-refractivity contribution in [1.82, 2.24) is 5.32 Å². The van der Waals surface area contributed by atoms with E-state index >= 15 is 0 Å². The van der Waals surface area contributed by atoms with Gasteiger partial charge in [-0.1, -0.05) is 59.3 Å². The Kier molecular flexibility index (Phi) is 11.5. The molecule has 142 valence electrons. The van der Waals surface area contributed by atoms with Crippen LogP contribution in [0.2, 0.25) is 0 Å². The molecular weight excluding hydrogens is 323 g/mol. The first-order chi connectivity index (χ1) is 11.2. The van der Waals surface area contributed by atoms with Crippen LogP contribution in [0.1, 0.15) is 72.1 Å². The zero-order valence-electron chi connectivity index (χ0n) is 14.9. The predicted octanol–water partition coefficient (Wildman–Crippen LogP) is 4.37. The Bertz CT molecular complexity index is 371. The average Bonchev–Trinajstić information content (AvgIpc) is 2.47. The Morgan fingerprint density at radius 2 is 1.54 bits per heavy atom. The van der Waals surface area contributed by atoms with Crippen molar-refractivity contribution < 1.29 is 27.5 Å². The number of rotatable bonds is 12. The third-order valence-corrected chi connectivity index (χ3v) is 3.55. The van der Waals surface area contributed by atoms with Gasteiger partial charge < -0.3 is 10.1 Å². The molecule has 24 heavy (non-hydrogen) atoms. The van der Waals surface area contributed by atoms with Crippen LogP contribution in [0.25, 0.3) is 0 Å². The fourth-order valence-electron chi connectivity index (χ4n) is 2.26. The molecule has 0 rings (SSSR count). The molecule has 1 N–H and O–H groups in total. The summed E-state index contributed by atoms with van der Waals surface area (Å²) in [5, 5.41) is 1.72. The molecule has 0 aromatic rings. The SMILES string of the molecule is CCCCCCCCCOC(=O)C(CC(C)C)NC(=O)C(F)(F)F. The van der Waals surface area contributed by atoms with E-state index in [9.17, 15) is 22.8 Å². The molecule has 0 aromatic heterocycles. The van der Waals surface area contributed by atoms with Crippen LogP contribution < -0.4 is 5.32 Å². The molecule has 0 heterocycles. The maximum atomic E-state index is 12.3. The molecule has 4 nitrogen and oxygen atoms in total. The average molecular weight is 353 g/mol. The van der Waals surface area contributed by atoms with E-state index in [0.717, 1.165) is 19.3 Å². The maximum Gasteiger partial charge on any atom is 0.471 e. The van der Waals surface area contributed by atoms with Gasteiger partial charge in [-0.25, -0.2) is 4.79 Å². The zero-order valence-corrected chi connectivity index (χ0v) is 14.9. The summed E-state index contributed by atoms with van der Waals surface area (Å²) in [6.45, 7) is 5.83. The van der Waals surface area contributed by atoms with Gasteiger partial charge in [0, 0.05) is 0 Å². The van der Waals surface area contributed by atoms with E-state index in [1.54, 1.807) is 19.2 Å². The quantitative estimate of drug-likeness (QED) is 0.419. The minimum atomic E-state index is -5.01. The number of halogens is 3. The topological polar surface area (TPSA) is 55.4 Å². The van der Waals surface area contributed by atoms with Crippen LogP contribution in [-0.4, -0.2) is 30.7 Å². The van der Waals surface area contributed by atoms with Gasteiger partial charge in [-0.3, -0.25) is 4.79 Å². The summed E-state index contributed by atoms with van der Waals surface area (Å²) in [5.41, 5.74) is 0. The summed E-state index contributed by atoms with van der Waals surface area (Å²) in [7, 11) is 0. The minimum absolute atomic E-state index is 0.0466. The van der Waals surface area contributed by atoms with Crippen LogP contribution in [0.15, 0.2) is 0 Å². The number of alkyl halides is 3. The van der Waals surface area contributed by atoms with E-state index < -0.39 is 24.1 Å². The van der Waals surface area contributed by atoms with E-state index in [1.807, 2.05) is 0 Å². The van der Waals surface area contributed by atoms with Crippen LogP contribution in [0, 0.1) is 5.92 Å². The summed E-state index contributed by atoms with van der Waals surface area (Å²) in [6.07, 6.45) is 2.47. The highest BCUT2D eigenvalue weighted by molar-refractivity contribution is 5.87. The summed E-state index contributed by atoms with van der Waals surface area (Å²) >= 11 is 0. The van der Waals surface area contributed by atoms with Gasteiger partial charge in [0.1, 0.15) is 6.04 Å². The number of hydrogen-bond donors (Lipinski definition) is 1. The second-order valence-electron chi connectivity index (χ2n) is 6.44. The lowest BCUT2D eigenvalue weighted by molar-refractivity contribution is -0.176. The normalized spacial score (nSPS) is 13.0. The molecule has 1 unspecified atom stereocenters. The highest BCUT2D eigenvalue weighted by Gasteiger charge is 2.41. The second-order valence-corrected chi connectivity index (χ2v) is 6.44. The summed E-state index contributed by atoms with van der Waals surface area (Å²) < 4.78 is 42.0. The van der Waals surface area contributed by atoms with E-state index in [0.29, 0.717) is 6.42 Å². The number of ether oxygens (including phenoxy) is 1. The van der Waals surface area contributed by atoms with Crippen molar-refractivity contribution in [2.75, 3.05) is 6.61 Å². The van der Waals surface area contributed by atoms with Crippen LogP contribution >= 0.6 is 0 Å². The molecule has 0 saturated carbocycles. The fraction of sp³-hybridized carbons (Fsp3) is 0.882. The first kappa shape index (κ1) is 22.7. The van der Waals surface area contributed by atoms with Crippen molar-refractivity contribution >= 4 is 11.9 Å². The Hall–Kier alpha value is -1.27. The highest BCUT2D eigenvalue weighted by atomic mass is 19.4. The van der Waals surface area contributed by atoms with E-state index in [4.69, 9.17) is 4.74 Å². The van der Waals surface area contributed by atoms with Crippen LogP contribution in [0.3, 0.4) is 0 Å². The molecule has 0 bridgehead atoms. The van der Waals surface area contributed by atoms with Gasteiger partial charge in [0.05, 0.1) is 6.61 Å². The summed E-state index contributed by atoms with van der Waals surface area (Å²) in [5.74, 6) is -2.96. The van der Waals surface area contributed by atoms with E-state index in [-0.39, 0.29) is 18.9 Å². The number of unbranched alkanes of at least 4 members (excludes halogenated alkanes) is 6. The number of carbonyl (C=O) groups is 2. The standard InChI is InChI=1S/C17H30F3NO3/c1-4-5-6-7-8-9-10-11-24-15(22)14(12-13(2)3)21-16(23)17(18,19)20/h13-14H,4-12H2,1-3H3,(H,21,23). The third-order valence-electron chi connectivity index (χ3n) is 3.55. The van der Waals surface area contributed by atoms with Gasteiger partial charge in [-0.05, 0) is 18.8 Å². The van der Waals surface area contributed by atoms with Crippen molar-refractivity contribution in [2.24, 2.45) is 5.92 Å². The largest absolute Gasteiger partial charge is 0.471 e. The molecular formula is C17H30F3NO3. The molecule has 0 saturated heterocycles. The van der Waals surface area contributed by atoms with Gasteiger partial charge >= 0.3 is 18.1 Å². The number of nitrogens with one attached hydrogen (secondary N) is 1. The Morgan fingerprint density at radius 1 is 1.00 bits per heavy atom. The van der Waals surface area contributed by atoms with Gasteiger partial charge in [0.2, 0.25) is 0 Å². The molecule has 1 atom stereocenters. The van der Waals surface area contributed by atoms with E-state index in [2.05, 4.69) is 6.92 Å². The predicted molar refractivity (Wildman–Crippen MR) is 86.4 cm³/mol. The summed E-state index contributed by atoms with van der Waals surface area (Å²) in [4.78, 5) is 22.9. The second kappa shape index (κ2) is 12.1. The van der Waals surface area contributed by atoms with Gasteiger partial charge in [0.15, 0.2) is 0 Å². The maximum absolute atomic E-state index is 12.3. The van der Waals surface area contributed by atoms with Gasteiger partial charge in [-0.15, -0.1) is 0 Å². The monoisotopic (exact) mass is 353 g/mol. The number of amides is 1.